The minimum absolute atomic E-state index is 0.131. The third-order valence-electron chi connectivity index (χ3n) is 4.46. The van der Waals surface area contributed by atoms with Crippen molar-refractivity contribution in [3.8, 4) is 0 Å². The van der Waals surface area contributed by atoms with Gasteiger partial charge in [-0.05, 0) is 30.0 Å². The van der Waals surface area contributed by atoms with Crippen LogP contribution in [0.25, 0.3) is 6.08 Å². The summed E-state index contributed by atoms with van der Waals surface area (Å²) in [6.07, 6.45) is 5.56. The molecule has 0 spiro atoms. The van der Waals surface area contributed by atoms with Crippen LogP contribution in [0.5, 0.6) is 0 Å². The lowest BCUT2D eigenvalue weighted by Gasteiger charge is -2.32. The van der Waals surface area contributed by atoms with E-state index in [1.165, 1.54) is 5.56 Å². The second kappa shape index (κ2) is 9.04. The normalized spacial score (nSPS) is 16.0. The summed E-state index contributed by atoms with van der Waals surface area (Å²) in [5.74, 6) is 0. The smallest absolute Gasteiger partial charge is 0.318 e. The maximum Gasteiger partial charge on any atom is 0.318 e. The molecule has 0 unspecified atom stereocenters. The summed E-state index contributed by atoms with van der Waals surface area (Å²) in [6.45, 7) is 3.01. The molecule has 0 saturated carbocycles. The van der Waals surface area contributed by atoms with Crippen molar-refractivity contribution in [3.05, 3.63) is 78.0 Å². The monoisotopic (exact) mass is 335 g/mol. The Morgan fingerprint density at radius 2 is 1.64 bits per heavy atom. The minimum atomic E-state index is -0.131. The van der Waals surface area contributed by atoms with Gasteiger partial charge in [0.15, 0.2) is 0 Å². The first-order chi connectivity index (χ1) is 12.3. The molecule has 2 aromatic rings. The molecule has 1 saturated heterocycles. The average Bonchev–Trinajstić information content (AvgIpc) is 2.65. The number of urea groups is 1. The van der Waals surface area contributed by atoms with Crippen LogP contribution in [0.15, 0.2) is 66.9 Å². The summed E-state index contributed by atoms with van der Waals surface area (Å²) in [4.78, 5) is 14.4. The van der Waals surface area contributed by atoms with Crippen LogP contribution in [0, 0.1) is 0 Å². The molecule has 1 fully saturated rings. The van der Waals surface area contributed by atoms with Gasteiger partial charge in [0.25, 0.3) is 0 Å². The van der Waals surface area contributed by atoms with Crippen molar-refractivity contribution < 1.29 is 4.79 Å². The molecule has 3 rings (SSSR count). The molecule has 1 aliphatic heterocycles. The van der Waals surface area contributed by atoms with Gasteiger partial charge in [-0.2, -0.15) is 0 Å². The highest BCUT2D eigenvalue weighted by Crippen LogP contribution is 2.13. The van der Waals surface area contributed by atoms with E-state index >= 15 is 0 Å². The van der Waals surface area contributed by atoms with Gasteiger partial charge < -0.3 is 10.6 Å². The van der Waals surface area contributed by atoms with Gasteiger partial charge in [-0.15, -0.1) is 0 Å². The van der Waals surface area contributed by atoms with Gasteiger partial charge >= 0.3 is 6.03 Å². The summed E-state index contributed by atoms with van der Waals surface area (Å²) < 4.78 is 0. The number of carbonyl (C=O) groups excluding carboxylic acids is 1. The number of rotatable bonds is 5. The van der Waals surface area contributed by atoms with Crippen molar-refractivity contribution in [2.45, 2.75) is 25.4 Å². The highest BCUT2D eigenvalue weighted by Gasteiger charge is 2.20. The van der Waals surface area contributed by atoms with E-state index in [0.717, 1.165) is 38.0 Å². The van der Waals surface area contributed by atoms with Gasteiger partial charge in [0.2, 0.25) is 0 Å². The number of hydrogen-bond acceptors (Lipinski definition) is 2. The van der Waals surface area contributed by atoms with Crippen LogP contribution in [-0.2, 0) is 6.54 Å². The number of benzene rings is 2. The first kappa shape index (κ1) is 17.2. The molecule has 0 aliphatic carbocycles. The van der Waals surface area contributed by atoms with E-state index in [4.69, 9.17) is 0 Å². The summed E-state index contributed by atoms with van der Waals surface area (Å²) in [5.41, 5.74) is 2.41. The van der Waals surface area contributed by atoms with Crippen LogP contribution in [-0.4, -0.2) is 30.1 Å². The number of piperidine rings is 1. The van der Waals surface area contributed by atoms with Crippen molar-refractivity contribution in [3.63, 3.8) is 0 Å². The van der Waals surface area contributed by atoms with Crippen molar-refractivity contribution in [2.24, 2.45) is 0 Å². The predicted octanol–water partition coefficient (Wildman–Crippen LogP) is 3.62. The van der Waals surface area contributed by atoms with E-state index in [1.54, 1.807) is 6.20 Å². The Labute approximate surface area is 149 Å². The lowest BCUT2D eigenvalue weighted by atomic mass is 10.0. The maximum absolute atomic E-state index is 12.0. The Morgan fingerprint density at radius 1 is 1.00 bits per heavy atom. The molecule has 4 heteroatoms. The van der Waals surface area contributed by atoms with Crippen molar-refractivity contribution in [2.75, 3.05) is 13.1 Å². The van der Waals surface area contributed by atoms with Crippen molar-refractivity contribution in [1.29, 1.82) is 0 Å². The lowest BCUT2D eigenvalue weighted by molar-refractivity contribution is 0.187. The van der Waals surface area contributed by atoms with E-state index in [0.29, 0.717) is 0 Å². The van der Waals surface area contributed by atoms with E-state index < -0.39 is 0 Å². The molecular formula is C21H25N3O. The molecule has 0 aromatic heterocycles. The van der Waals surface area contributed by atoms with Crippen LogP contribution in [0.2, 0.25) is 0 Å². The molecule has 0 radical (unpaired) electrons. The molecule has 0 bridgehead atoms. The molecule has 2 aromatic carbocycles. The van der Waals surface area contributed by atoms with Crippen LogP contribution in [0.4, 0.5) is 4.79 Å². The Balaban J connectivity index is 1.37. The number of nitrogens with zero attached hydrogens (tertiary/aromatic N) is 1. The third kappa shape index (κ3) is 5.76. The van der Waals surface area contributed by atoms with Gasteiger partial charge in [-0.25, -0.2) is 4.79 Å². The highest BCUT2D eigenvalue weighted by molar-refractivity contribution is 5.76. The van der Waals surface area contributed by atoms with Gasteiger partial charge in [0.1, 0.15) is 0 Å². The summed E-state index contributed by atoms with van der Waals surface area (Å²) in [6, 6.07) is 20.6. The first-order valence-corrected chi connectivity index (χ1v) is 8.84. The van der Waals surface area contributed by atoms with Crippen molar-refractivity contribution in [1.82, 2.24) is 15.5 Å². The minimum Gasteiger partial charge on any atom is -0.335 e. The zero-order valence-corrected chi connectivity index (χ0v) is 14.4. The lowest BCUT2D eigenvalue weighted by Crippen LogP contribution is -2.46. The molecule has 1 heterocycles. The number of amides is 2. The standard InChI is InChI=1S/C21H25N3O/c25-21(22-14-11-18-7-3-1-4-8-18)23-20-12-15-24(16-13-20)17-19-9-5-2-6-10-19/h1-11,14,20H,12-13,15-17H2,(H2,22,23,25)/b14-11+. The average molecular weight is 335 g/mol. The topological polar surface area (TPSA) is 44.4 Å². The van der Waals surface area contributed by atoms with Crippen LogP contribution < -0.4 is 10.6 Å². The highest BCUT2D eigenvalue weighted by atomic mass is 16.2. The Kier molecular flexibility index (Phi) is 6.23. The fourth-order valence-electron chi connectivity index (χ4n) is 3.08. The summed E-state index contributed by atoms with van der Waals surface area (Å²) in [7, 11) is 0. The second-order valence-corrected chi connectivity index (χ2v) is 6.40. The number of nitrogens with one attached hydrogen (secondary N) is 2. The maximum atomic E-state index is 12.0. The van der Waals surface area contributed by atoms with Gasteiger partial charge in [0.05, 0.1) is 0 Å². The zero-order valence-electron chi connectivity index (χ0n) is 14.4. The van der Waals surface area contributed by atoms with Crippen LogP contribution in [0.3, 0.4) is 0 Å². The number of likely N-dealkylation sites (tertiary alicyclic amines) is 1. The molecule has 4 nitrogen and oxygen atoms in total. The quantitative estimate of drug-likeness (QED) is 0.876. The van der Waals surface area contributed by atoms with Gasteiger partial charge in [-0.3, -0.25) is 4.90 Å². The van der Waals surface area contributed by atoms with Crippen molar-refractivity contribution >= 4 is 12.1 Å². The SMILES string of the molecule is O=C(N/C=C/c1ccccc1)NC1CCN(Cc2ccccc2)CC1. The Bertz CT molecular complexity index is 677. The zero-order chi connectivity index (χ0) is 17.3. The van der Waals surface area contributed by atoms with Gasteiger partial charge in [0, 0.05) is 31.9 Å². The van der Waals surface area contributed by atoms with E-state index in [1.807, 2.05) is 42.5 Å². The molecular weight excluding hydrogens is 310 g/mol. The van der Waals surface area contributed by atoms with Crippen LogP contribution in [0.1, 0.15) is 24.0 Å². The van der Waals surface area contributed by atoms with Gasteiger partial charge in [-0.1, -0.05) is 60.7 Å². The first-order valence-electron chi connectivity index (χ1n) is 8.84. The summed E-state index contributed by atoms with van der Waals surface area (Å²) in [5, 5.41) is 5.85. The predicted molar refractivity (Wildman–Crippen MR) is 102 cm³/mol. The largest absolute Gasteiger partial charge is 0.335 e. The molecule has 2 N–H and O–H groups in total. The fraction of sp³-hybridized carbons (Fsp3) is 0.286. The fourth-order valence-corrected chi connectivity index (χ4v) is 3.08. The second-order valence-electron chi connectivity index (χ2n) is 6.40. The number of carbonyl (C=O) groups is 1. The molecule has 2 amide bonds. The molecule has 25 heavy (non-hydrogen) atoms. The molecule has 0 atom stereocenters. The Hall–Kier alpha value is -2.59. The van der Waals surface area contributed by atoms with E-state index in [-0.39, 0.29) is 12.1 Å². The molecule has 130 valence electrons. The van der Waals surface area contributed by atoms with Crippen LogP contribution >= 0.6 is 0 Å². The summed E-state index contributed by atoms with van der Waals surface area (Å²) >= 11 is 0. The Morgan fingerprint density at radius 3 is 2.32 bits per heavy atom. The number of hydrogen-bond donors (Lipinski definition) is 2. The van der Waals surface area contributed by atoms with E-state index in [9.17, 15) is 4.79 Å². The third-order valence-corrected chi connectivity index (χ3v) is 4.46. The molecule has 1 aliphatic rings. The van der Waals surface area contributed by atoms with E-state index in [2.05, 4.69) is 39.8 Å².